The number of hydrogen-bond acceptors (Lipinski definition) is 4. The van der Waals surface area contributed by atoms with E-state index in [1.807, 2.05) is 6.26 Å². The van der Waals surface area contributed by atoms with Crippen molar-refractivity contribution in [3.05, 3.63) is 0 Å². The largest absolute Gasteiger partial charge is 0.480 e. The van der Waals surface area contributed by atoms with Crippen LogP contribution in [-0.4, -0.2) is 47.1 Å². The highest BCUT2D eigenvalue weighted by atomic mass is 32.2. The smallest absolute Gasteiger partial charge is 0.326 e. The number of aliphatic carboxylic acids is 1. The average Bonchev–Trinajstić information content (AvgIpc) is 2.30. The van der Waals surface area contributed by atoms with Crippen molar-refractivity contribution in [1.82, 2.24) is 10.6 Å². The Hall–Kier alpha value is -1.44. The summed E-state index contributed by atoms with van der Waals surface area (Å²) in [5.74, 6) is -1.32. The summed E-state index contributed by atoms with van der Waals surface area (Å²) in [6.07, 6.45) is 2.16. The number of primary amides is 1. The zero-order valence-electron chi connectivity index (χ0n) is 11.3. The second kappa shape index (κ2) is 8.63. The fourth-order valence-electron chi connectivity index (χ4n) is 1.40. The third-order valence-electron chi connectivity index (χ3n) is 2.47. The highest BCUT2D eigenvalue weighted by Crippen LogP contribution is 2.03. The van der Waals surface area contributed by atoms with E-state index in [1.54, 1.807) is 13.8 Å². The van der Waals surface area contributed by atoms with Crippen LogP contribution in [0, 0.1) is 5.92 Å². The van der Waals surface area contributed by atoms with Gasteiger partial charge in [0.25, 0.3) is 0 Å². The number of carboxylic acid groups (broad SMARTS) is 1. The van der Waals surface area contributed by atoms with Crippen molar-refractivity contribution in [2.45, 2.75) is 32.4 Å². The molecule has 7 nitrogen and oxygen atoms in total. The van der Waals surface area contributed by atoms with Crippen LogP contribution >= 0.6 is 11.8 Å². The van der Waals surface area contributed by atoms with Crippen LogP contribution in [0.1, 0.15) is 20.3 Å². The molecule has 19 heavy (non-hydrogen) atoms. The summed E-state index contributed by atoms with van der Waals surface area (Å²) >= 11 is 1.49. The zero-order valence-corrected chi connectivity index (χ0v) is 12.1. The lowest BCUT2D eigenvalue weighted by Crippen LogP contribution is -2.54. The molecular formula is C11H21N3O4S. The van der Waals surface area contributed by atoms with Gasteiger partial charge in [0.2, 0.25) is 5.91 Å². The van der Waals surface area contributed by atoms with Crippen LogP contribution < -0.4 is 16.4 Å². The van der Waals surface area contributed by atoms with Crippen LogP contribution in [0.3, 0.4) is 0 Å². The number of nitrogens with one attached hydrogen (secondary N) is 2. The van der Waals surface area contributed by atoms with Gasteiger partial charge in [-0.25, -0.2) is 9.59 Å². The minimum atomic E-state index is -1.11. The maximum Gasteiger partial charge on any atom is 0.326 e. The number of carbonyl (C=O) groups excluding carboxylic acids is 2. The lowest BCUT2D eigenvalue weighted by molar-refractivity contribution is -0.139. The summed E-state index contributed by atoms with van der Waals surface area (Å²) in [7, 11) is 0. The van der Waals surface area contributed by atoms with Crippen LogP contribution in [0.5, 0.6) is 0 Å². The minimum Gasteiger partial charge on any atom is -0.480 e. The monoisotopic (exact) mass is 291 g/mol. The van der Waals surface area contributed by atoms with Gasteiger partial charge >= 0.3 is 12.0 Å². The van der Waals surface area contributed by atoms with E-state index in [0.717, 1.165) is 0 Å². The summed E-state index contributed by atoms with van der Waals surface area (Å²) in [4.78, 5) is 33.7. The number of rotatable bonds is 8. The molecule has 110 valence electrons. The summed E-state index contributed by atoms with van der Waals surface area (Å²) in [5, 5.41) is 13.7. The van der Waals surface area contributed by atoms with Crippen molar-refractivity contribution in [1.29, 1.82) is 0 Å². The number of carboxylic acids is 1. The summed E-state index contributed by atoms with van der Waals surface area (Å²) in [6.45, 7) is 3.47. The molecule has 0 aromatic carbocycles. The van der Waals surface area contributed by atoms with E-state index in [-0.39, 0.29) is 5.92 Å². The fourth-order valence-corrected chi connectivity index (χ4v) is 1.87. The first-order valence-electron chi connectivity index (χ1n) is 5.87. The van der Waals surface area contributed by atoms with Crippen molar-refractivity contribution in [3.8, 4) is 0 Å². The van der Waals surface area contributed by atoms with Gasteiger partial charge in [0, 0.05) is 0 Å². The van der Waals surface area contributed by atoms with Crippen LogP contribution in [0.4, 0.5) is 4.79 Å². The van der Waals surface area contributed by atoms with Crippen molar-refractivity contribution < 1.29 is 19.5 Å². The van der Waals surface area contributed by atoms with Crippen LogP contribution in [0.2, 0.25) is 0 Å². The number of carbonyl (C=O) groups is 3. The molecule has 0 heterocycles. The highest BCUT2D eigenvalue weighted by Gasteiger charge is 2.24. The van der Waals surface area contributed by atoms with E-state index in [1.165, 1.54) is 11.8 Å². The van der Waals surface area contributed by atoms with Gasteiger partial charge in [-0.3, -0.25) is 4.79 Å². The van der Waals surface area contributed by atoms with Gasteiger partial charge in [-0.15, -0.1) is 0 Å². The zero-order chi connectivity index (χ0) is 15.0. The molecular weight excluding hydrogens is 270 g/mol. The van der Waals surface area contributed by atoms with Crippen molar-refractivity contribution in [2.75, 3.05) is 12.0 Å². The van der Waals surface area contributed by atoms with Gasteiger partial charge < -0.3 is 21.5 Å². The van der Waals surface area contributed by atoms with E-state index in [4.69, 9.17) is 10.8 Å². The molecule has 2 atom stereocenters. The van der Waals surface area contributed by atoms with Crippen molar-refractivity contribution in [3.63, 3.8) is 0 Å². The second-order valence-electron chi connectivity index (χ2n) is 4.41. The molecule has 0 aromatic heterocycles. The number of urea groups is 1. The Morgan fingerprint density at radius 3 is 2.21 bits per heavy atom. The lowest BCUT2D eigenvalue weighted by atomic mass is 10.0. The molecule has 0 bridgehead atoms. The fraction of sp³-hybridized carbons (Fsp3) is 0.727. The van der Waals surface area contributed by atoms with Crippen molar-refractivity contribution in [2.24, 2.45) is 11.7 Å². The van der Waals surface area contributed by atoms with Gasteiger partial charge in [-0.2, -0.15) is 11.8 Å². The Kier molecular flexibility index (Phi) is 7.97. The highest BCUT2D eigenvalue weighted by molar-refractivity contribution is 7.98. The summed E-state index contributed by atoms with van der Waals surface area (Å²) < 4.78 is 0. The molecule has 0 rings (SSSR count). The summed E-state index contributed by atoms with van der Waals surface area (Å²) in [5.41, 5.74) is 5.16. The first-order valence-corrected chi connectivity index (χ1v) is 7.27. The molecule has 0 aliphatic heterocycles. The van der Waals surface area contributed by atoms with E-state index in [9.17, 15) is 14.4 Å². The van der Waals surface area contributed by atoms with E-state index < -0.39 is 30.0 Å². The van der Waals surface area contributed by atoms with E-state index >= 15 is 0 Å². The van der Waals surface area contributed by atoms with Crippen molar-refractivity contribution >= 4 is 29.7 Å². The maximum atomic E-state index is 11.6. The molecule has 0 aliphatic rings. The third kappa shape index (κ3) is 6.90. The maximum absolute atomic E-state index is 11.6. The SMILES string of the molecule is CSCCC(NC(=O)NC(C(N)=O)C(C)C)C(=O)O. The topological polar surface area (TPSA) is 122 Å². The Morgan fingerprint density at radius 2 is 1.84 bits per heavy atom. The molecule has 0 aliphatic carbocycles. The first kappa shape index (κ1) is 17.6. The molecule has 3 amide bonds. The minimum absolute atomic E-state index is 0.169. The van der Waals surface area contributed by atoms with Gasteiger partial charge in [0.1, 0.15) is 12.1 Å². The molecule has 5 N–H and O–H groups in total. The molecule has 0 aromatic rings. The molecule has 2 unspecified atom stereocenters. The van der Waals surface area contributed by atoms with Gasteiger partial charge in [0.05, 0.1) is 0 Å². The van der Waals surface area contributed by atoms with E-state index in [2.05, 4.69) is 10.6 Å². The molecule has 0 fully saturated rings. The second-order valence-corrected chi connectivity index (χ2v) is 5.40. The Bertz CT molecular complexity index is 336. The average molecular weight is 291 g/mol. The number of thioether (sulfide) groups is 1. The Labute approximate surface area is 116 Å². The standard InChI is InChI=1S/C11H21N3O4S/c1-6(2)8(9(12)15)14-11(18)13-7(10(16)17)4-5-19-3/h6-8H,4-5H2,1-3H3,(H2,12,15)(H,16,17)(H2,13,14,18). The number of hydrogen-bond donors (Lipinski definition) is 4. The Morgan fingerprint density at radius 1 is 1.26 bits per heavy atom. The van der Waals surface area contributed by atoms with E-state index in [0.29, 0.717) is 12.2 Å². The number of nitrogens with two attached hydrogens (primary N) is 1. The predicted molar refractivity (Wildman–Crippen MR) is 73.9 cm³/mol. The van der Waals surface area contributed by atoms with Crippen LogP contribution in [0.15, 0.2) is 0 Å². The van der Waals surface area contributed by atoms with Gasteiger partial charge in [0.15, 0.2) is 0 Å². The first-order chi connectivity index (χ1) is 8.79. The molecule has 0 radical (unpaired) electrons. The van der Waals surface area contributed by atoms with Gasteiger partial charge in [-0.05, 0) is 24.3 Å². The normalized spacial score (nSPS) is 13.7. The quantitative estimate of drug-likeness (QED) is 0.501. The van der Waals surface area contributed by atoms with Crippen LogP contribution in [-0.2, 0) is 9.59 Å². The number of amides is 3. The lowest BCUT2D eigenvalue weighted by Gasteiger charge is -2.21. The third-order valence-corrected chi connectivity index (χ3v) is 3.12. The Balaban J connectivity index is 4.47. The molecule has 0 saturated carbocycles. The van der Waals surface area contributed by atoms with Gasteiger partial charge in [-0.1, -0.05) is 13.8 Å². The molecule has 0 saturated heterocycles. The predicted octanol–water partition coefficient (Wildman–Crippen LogP) is 0.00180. The molecule has 0 spiro atoms. The van der Waals surface area contributed by atoms with Crippen LogP contribution in [0.25, 0.3) is 0 Å². The molecule has 8 heteroatoms. The summed E-state index contributed by atoms with van der Waals surface area (Å²) in [6, 6.07) is -2.51.